The minimum atomic E-state index is -0.860. The van der Waals surface area contributed by atoms with E-state index in [2.05, 4.69) is 15.9 Å². The van der Waals surface area contributed by atoms with Gasteiger partial charge in [-0.15, -0.1) is 5.59 Å². The Morgan fingerprint density at radius 1 is 1.75 bits per heavy atom. The van der Waals surface area contributed by atoms with E-state index < -0.39 is 6.17 Å². The van der Waals surface area contributed by atoms with Gasteiger partial charge in [-0.05, 0) is 5.57 Å². The molecule has 3 nitrogen and oxygen atoms in total. The molecule has 0 radical (unpaired) electrons. The van der Waals surface area contributed by atoms with Gasteiger partial charge < -0.3 is 0 Å². The lowest BCUT2D eigenvalue weighted by Crippen LogP contribution is -2.34. The number of hydrazine groups is 1. The summed E-state index contributed by atoms with van der Waals surface area (Å²) in [7, 11) is 1.50. The molecule has 0 saturated heterocycles. The molecule has 0 fully saturated rings. The molecule has 12 heavy (non-hydrogen) atoms. The Morgan fingerprint density at radius 3 is 3.25 bits per heavy atom. The Balaban J connectivity index is 2.29. The van der Waals surface area contributed by atoms with E-state index in [1.807, 2.05) is 12.2 Å². The fourth-order valence-corrected chi connectivity index (χ4v) is 1.03. The van der Waals surface area contributed by atoms with Gasteiger partial charge >= 0.3 is 0 Å². The predicted octanol–water partition coefficient (Wildman–Crippen LogP) is 0.866. The summed E-state index contributed by atoms with van der Waals surface area (Å²) >= 11 is 0. The summed E-state index contributed by atoms with van der Waals surface area (Å²) in [5.41, 5.74) is 5.89. The van der Waals surface area contributed by atoms with Crippen LogP contribution >= 0.6 is 0 Å². The van der Waals surface area contributed by atoms with Gasteiger partial charge in [0, 0.05) is 13.0 Å². The molecule has 0 bridgehead atoms. The molecule has 1 rings (SSSR count). The second kappa shape index (κ2) is 5.03. The van der Waals surface area contributed by atoms with Crippen molar-refractivity contribution in [2.75, 3.05) is 13.7 Å². The highest BCUT2D eigenvalue weighted by Gasteiger charge is 2.12. The van der Waals surface area contributed by atoms with Crippen LogP contribution in [0.1, 0.15) is 6.42 Å². The van der Waals surface area contributed by atoms with Crippen LogP contribution in [0.3, 0.4) is 0 Å². The number of allylic oxidation sites excluding steroid dienone is 3. The molecule has 0 amide bonds. The lowest BCUT2D eigenvalue weighted by atomic mass is 10.0. The second-order valence-electron chi connectivity index (χ2n) is 2.53. The Kier molecular flexibility index (Phi) is 3.93. The monoisotopic (exact) mass is 172 g/mol. The van der Waals surface area contributed by atoms with Gasteiger partial charge in [0.25, 0.3) is 0 Å². The number of nitrogens with one attached hydrogen (secondary N) is 2. The molecule has 0 aromatic carbocycles. The number of hydrogen-bond acceptors (Lipinski definition) is 3. The maximum Gasteiger partial charge on any atom is 0.126 e. The maximum absolute atomic E-state index is 13.0. The zero-order valence-corrected chi connectivity index (χ0v) is 7.01. The van der Waals surface area contributed by atoms with Crippen molar-refractivity contribution >= 4 is 0 Å². The summed E-state index contributed by atoms with van der Waals surface area (Å²) in [5.74, 6) is 0. The molecule has 0 spiro atoms. The summed E-state index contributed by atoms with van der Waals surface area (Å²) in [6.07, 6.45) is 5.07. The van der Waals surface area contributed by atoms with Crippen LogP contribution in [0.2, 0.25) is 0 Å². The molecule has 0 aliphatic heterocycles. The number of rotatable bonds is 4. The molecule has 1 atom stereocenters. The van der Waals surface area contributed by atoms with Crippen molar-refractivity contribution in [3.05, 3.63) is 23.8 Å². The van der Waals surface area contributed by atoms with Gasteiger partial charge in [0.2, 0.25) is 0 Å². The highest BCUT2D eigenvalue weighted by Crippen LogP contribution is 2.15. The fourth-order valence-electron chi connectivity index (χ4n) is 1.03. The van der Waals surface area contributed by atoms with Gasteiger partial charge in [-0.3, -0.25) is 4.84 Å². The van der Waals surface area contributed by atoms with Gasteiger partial charge in [-0.25, -0.2) is 9.82 Å². The van der Waals surface area contributed by atoms with Crippen LogP contribution < -0.4 is 11.0 Å². The van der Waals surface area contributed by atoms with E-state index in [1.165, 1.54) is 7.11 Å². The van der Waals surface area contributed by atoms with E-state index in [1.54, 1.807) is 6.08 Å². The molecular formula is C8H13FN2O. The molecule has 68 valence electrons. The fraction of sp³-hybridized carbons (Fsp3) is 0.500. The van der Waals surface area contributed by atoms with Crippen molar-refractivity contribution in [3.63, 3.8) is 0 Å². The largest absolute Gasteiger partial charge is 0.290 e. The van der Waals surface area contributed by atoms with Gasteiger partial charge in [-0.2, -0.15) is 0 Å². The standard InChI is InChI=1S/C8H13FN2O/c1-12-11-10-6-7-4-2-3-5-8(7)9/h2-4,8,10-11H,5-6H2,1H3. The van der Waals surface area contributed by atoms with Crippen LogP contribution in [-0.4, -0.2) is 19.8 Å². The molecule has 0 saturated carbocycles. The van der Waals surface area contributed by atoms with Crippen LogP contribution in [0.5, 0.6) is 0 Å². The summed E-state index contributed by atoms with van der Waals surface area (Å²) in [6, 6.07) is 0. The predicted molar refractivity (Wildman–Crippen MR) is 44.9 cm³/mol. The quantitative estimate of drug-likeness (QED) is 0.487. The van der Waals surface area contributed by atoms with Gasteiger partial charge in [0.1, 0.15) is 6.17 Å². The van der Waals surface area contributed by atoms with Crippen molar-refractivity contribution in [2.45, 2.75) is 12.6 Å². The first-order valence-corrected chi connectivity index (χ1v) is 3.85. The van der Waals surface area contributed by atoms with Gasteiger partial charge in [-0.1, -0.05) is 18.2 Å². The molecular weight excluding hydrogens is 159 g/mol. The molecule has 0 aromatic rings. The third kappa shape index (κ3) is 2.73. The van der Waals surface area contributed by atoms with Crippen LogP contribution in [0.4, 0.5) is 4.39 Å². The highest BCUT2D eigenvalue weighted by molar-refractivity contribution is 5.23. The van der Waals surface area contributed by atoms with Crippen LogP contribution in [0.15, 0.2) is 23.8 Å². The summed E-state index contributed by atoms with van der Waals surface area (Å²) in [5, 5.41) is 0. The number of halogens is 1. The minimum Gasteiger partial charge on any atom is -0.290 e. The summed E-state index contributed by atoms with van der Waals surface area (Å²) < 4.78 is 13.0. The van der Waals surface area contributed by atoms with Crippen LogP contribution in [0.25, 0.3) is 0 Å². The Bertz CT molecular complexity index is 191. The van der Waals surface area contributed by atoms with Gasteiger partial charge in [0.15, 0.2) is 0 Å². The normalized spacial score (nSPS) is 22.5. The van der Waals surface area contributed by atoms with E-state index >= 15 is 0 Å². The number of hydrogen-bond donors (Lipinski definition) is 2. The Morgan fingerprint density at radius 2 is 2.58 bits per heavy atom. The van der Waals surface area contributed by atoms with Crippen molar-refractivity contribution in [3.8, 4) is 0 Å². The zero-order chi connectivity index (χ0) is 8.81. The molecule has 1 unspecified atom stereocenters. The third-order valence-corrected chi connectivity index (χ3v) is 1.66. The molecule has 4 heteroatoms. The maximum atomic E-state index is 13.0. The Labute approximate surface area is 71.2 Å². The summed E-state index contributed by atoms with van der Waals surface area (Å²) in [6.45, 7) is 0.458. The van der Waals surface area contributed by atoms with E-state index in [9.17, 15) is 4.39 Å². The van der Waals surface area contributed by atoms with Crippen molar-refractivity contribution in [1.82, 2.24) is 11.0 Å². The minimum absolute atomic E-state index is 0.458. The molecule has 1 aliphatic rings. The highest BCUT2D eigenvalue weighted by atomic mass is 19.1. The van der Waals surface area contributed by atoms with Gasteiger partial charge in [0.05, 0.1) is 7.11 Å². The topological polar surface area (TPSA) is 33.3 Å². The average molecular weight is 172 g/mol. The third-order valence-electron chi connectivity index (χ3n) is 1.66. The van der Waals surface area contributed by atoms with E-state index in [4.69, 9.17) is 0 Å². The van der Waals surface area contributed by atoms with E-state index in [0.29, 0.717) is 13.0 Å². The van der Waals surface area contributed by atoms with Crippen LogP contribution in [0, 0.1) is 0 Å². The molecule has 2 N–H and O–H groups in total. The lowest BCUT2D eigenvalue weighted by molar-refractivity contribution is 0.0573. The van der Waals surface area contributed by atoms with E-state index in [0.717, 1.165) is 5.57 Å². The summed E-state index contributed by atoms with van der Waals surface area (Å²) in [4.78, 5) is 4.54. The first-order chi connectivity index (χ1) is 5.84. The van der Waals surface area contributed by atoms with Crippen molar-refractivity contribution in [2.24, 2.45) is 0 Å². The van der Waals surface area contributed by atoms with Crippen molar-refractivity contribution in [1.29, 1.82) is 0 Å². The SMILES string of the molecule is CONNCC1=CC=CCC1F. The van der Waals surface area contributed by atoms with Crippen LogP contribution in [-0.2, 0) is 4.84 Å². The first-order valence-electron chi connectivity index (χ1n) is 3.85. The second-order valence-corrected chi connectivity index (χ2v) is 2.53. The molecule has 1 aliphatic carbocycles. The average Bonchev–Trinajstić information content (AvgIpc) is 2.09. The smallest absolute Gasteiger partial charge is 0.126 e. The lowest BCUT2D eigenvalue weighted by Gasteiger charge is -2.14. The van der Waals surface area contributed by atoms with E-state index in [-0.39, 0.29) is 0 Å². The van der Waals surface area contributed by atoms with Crippen molar-refractivity contribution < 1.29 is 9.23 Å². The molecule has 0 aromatic heterocycles. The zero-order valence-electron chi connectivity index (χ0n) is 7.01. The first kappa shape index (κ1) is 9.38. The molecule has 0 heterocycles. The number of alkyl halides is 1. The Hall–Kier alpha value is -0.710.